The van der Waals surface area contributed by atoms with Crippen LogP contribution in [0.5, 0.6) is 0 Å². The van der Waals surface area contributed by atoms with Crippen molar-refractivity contribution in [2.75, 3.05) is 13.1 Å². The van der Waals surface area contributed by atoms with E-state index in [4.69, 9.17) is 0 Å². The largest absolute Gasteiger partial charge is 0.316 e. The Kier molecular flexibility index (Phi) is 4.73. The van der Waals surface area contributed by atoms with Gasteiger partial charge in [-0.2, -0.15) is 0 Å². The van der Waals surface area contributed by atoms with Crippen LogP contribution in [-0.2, 0) is 12.8 Å². The number of nitrogens with zero attached hydrogens (tertiary/aromatic N) is 1. The highest BCUT2D eigenvalue weighted by Gasteiger charge is 1.94. The molecule has 0 aliphatic rings. The van der Waals surface area contributed by atoms with E-state index in [0.29, 0.717) is 0 Å². The molecule has 0 aliphatic carbocycles. The Morgan fingerprint density at radius 1 is 0.824 bits per heavy atom. The maximum absolute atomic E-state index is 4.29. The molecule has 0 saturated heterocycles. The van der Waals surface area contributed by atoms with Gasteiger partial charge in [0.25, 0.3) is 0 Å². The van der Waals surface area contributed by atoms with Crippen LogP contribution in [0.2, 0.25) is 0 Å². The second kappa shape index (κ2) is 6.81. The molecule has 0 saturated carbocycles. The van der Waals surface area contributed by atoms with E-state index in [0.717, 1.165) is 31.6 Å². The Morgan fingerprint density at radius 2 is 1.59 bits per heavy atom. The number of benzene rings is 1. The molecular weight excluding hydrogens is 208 g/mol. The highest BCUT2D eigenvalue weighted by atomic mass is 14.8. The Balaban J connectivity index is 1.61. The summed E-state index contributed by atoms with van der Waals surface area (Å²) in [5, 5.41) is 3.44. The molecular formula is C15H18N2. The Morgan fingerprint density at radius 3 is 2.35 bits per heavy atom. The number of hydrogen-bond donors (Lipinski definition) is 1. The fourth-order valence-electron chi connectivity index (χ4n) is 1.76. The monoisotopic (exact) mass is 226 g/mol. The van der Waals surface area contributed by atoms with E-state index >= 15 is 0 Å². The highest BCUT2D eigenvalue weighted by Crippen LogP contribution is 1.98. The minimum absolute atomic E-state index is 0.990. The third-order valence-electron chi connectivity index (χ3n) is 2.72. The van der Waals surface area contributed by atoms with E-state index < -0.39 is 0 Å². The molecule has 2 heteroatoms. The Bertz CT molecular complexity index is 370. The van der Waals surface area contributed by atoms with Gasteiger partial charge in [0.05, 0.1) is 0 Å². The van der Waals surface area contributed by atoms with Crippen molar-refractivity contribution in [1.82, 2.24) is 10.3 Å². The molecule has 88 valence electrons. The van der Waals surface area contributed by atoms with Crippen molar-refractivity contribution in [3.8, 4) is 0 Å². The minimum atomic E-state index is 0.990. The summed E-state index contributed by atoms with van der Waals surface area (Å²) in [4.78, 5) is 4.29. The van der Waals surface area contributed by atoms with Crippen molar-refractivity contribution < 1.29 is 0 Å². The van der Waals surface area contributed by atoms with Gasteiger partial charge in [-0.25, -0.2) is 0 Å². The molecule has 1 aromatic carbocycles. The van der Waals surface area contributed by atoms with Gasteiger partial charge in [-0.05, 0) is 30.7 Å². The lowest BCUT2D eigenvalue weighted by atomic mass is 10.1. The van der Waals surface area contributed by atoms with Crippen molar-refractivity contribution >= 4 is 0 Å². The van der Waals surface area contributed by atoms with Crippen molar-refractivity contribution in [3.63, 3.8) is 0 Å². The van der Waals surface area contributed by atoms with Gasteiger partial charge in [-0.1, -0.05) is 36.4 Å². The molecule has 0 spiro atoms. The molecule has 0 aliphatic heterocycles. The van der Waals surface area contributed by atoms with Crippen molar-refractivity contribution in [2.45, 2.75) is 12.8 Å². The lowest BCUT2D eigenvalue weighted by Gasteiger charge is -2.04. The van der Waals surface area contributed by atoms with Gasteiger partial charge < -0.3 is 5.32 Å². The van der Waals surface area contributed by atoms with Gasteiger partial charge in [-0.3, -0.25) is 4.98 Å². The van der Waals surface area contributed by atoms with Crippen LogP contribution in [0.15, 0.2) is 54.7 Å². The predicted molar refractivity (Wildman–Crippen MR) is 71.0 cm³/mol. The SMILES string of the molecule is c1ccc(CCNCCc2ccccn2)cc1. The van der Waals surface area contributed by atoms with Gasteiger partial charge in [-0.15, -0.1) is 0 Å². The fourth-order valence-corrected chi connectivity index (χ4v) is 1.76. The summed E-state index contributed by atoms with van der Waals surface area (Å²) in [5.74, 6) is 0. The first-order valence-corrected chi connectivity index (χ1v) is 6.10. The summed E-state index contributed by atoms with van der Waals surface area (Å²) >= 11 is 0. The van der Waals surface area contributed by atoms with E-state index in [1.165, 1.54) is 5.56 Å². The van der Waals surface area contributed by atoms with E-state index in [1.807, 2.05) is 18.3 Å². The standard InChI is InChI=1S/C15H18N2/c1-2-6-14(7-3-1)9-12-16-13-10-15-8-4-5-11-17-15/h1-8,11,16H,9-10,12-13H2. The van der Waals surface area contributed by atoms with Crippen LogP contribution in [0.25, 0.3) is 0 Å². The molecule has 0 atom stereocenters. The molecule has 0 radical (unpaired) electrons. The summed E-state index contributed by atoms with van der Waals surface area (Å²) < 4.78 is 0. The van der Waals surface area contributed by atoms with Crippen molar-refractivity contribution in [3.05, 3.63) is 66.0 Å². The quantitative estimate of drug-likeness (QED) is 0.765. The highest BCUT2D eigenvalue weighted by molar-refractivity contribution is 5.14. The van der Waals surface area contributed by atoms with Crippen LogP contribution < -0.4 is 5.32 Å². The molecule has 0 bridgehead atoms. The number of nitrogens with one attached hydrogen (secondary N) is 1. The topological polar surface area (TPSA) is 24.9 Å². The van der Waals surface area contributed by atoms with Crippen LogP contribution in [0.4, 0.5) is 0 Å². The molecule has 0 fully saturated rings. The van der Waals surface area contributed by atoms with E-state index in [-0.39, 0.29) is 0 Å². The van der Waals surface area contributed by atoms with Crippen molar-refractivity contribution in [2.24, 2.45) is 0 Å². The van der Waals surface area contributed by atoms with Crippen molar-refractivity contribution in [1.29, 1.82) is 0 Å². The molecule has 2 nitrogen and oxygen atoms in total. The lowest BCUT2D eigenvalue weighted by Crippen LogP contribution is -2.20. The van der Waals surface area contributed by atoms with Crippen LogP contribution >= 0.6 is 0 Å². The maximum Gasteiger partial charge on any atom is 0.0416 e. The first-order chi connectivity index (χ1) is 8.45. The van der Waals surface area contributed by atoms with Crippen LogP contribution in [0.3, 0.4) is 0 Å². The zero-order chi connectivity index (χ0) is 11.8. The Hall–Kier alpha value is -1.67. The average Bonchev–Trinajstić information content (AvgIpc) is 2.41. The number of aromatic nitrogens is 1. The summed E-state index contributed by atoms with van der Waals surface area (Å²) in [6, 6.07) is 16.6. The third kappa shape index (κ3) is 4.37. The third-order valence-corrected chi connectivity index (χ3v) is 2.72. The molecule has 2 aromatic rings. The molecule has 17 heavy (non-hydrogen) atoms. The van der Waals surface area contributed by atoms with Crippen LogP contribution in [-0.4, -0.2) is 18.1 Å². The zero-order valence-corrected chi connectivity index (χ0v) is 9.97. The molecule has 1 N–H and O–H groups in total. The average molecular weight is 226 g/mol. The fraction of sp³-hybridized carbons (Fsp3) is 0.267. The van der Waals surface area contributed by atoms with E-state index in [9.17, 15) is 0 Å². The second-order valence-electron chi connectivity index (χ2n) is 4.06. The van der Waals surface area contributed by atoms with Crippen LogP contribution in [0.1, 0.15) is 11.3 Å². The number of pyridine rings is 1. The molecule has 2 rings (SSSR count). The van der Waals surface area contributed by atoms with Gasteiger partial charge in [0.15, 0.2) is 0 Å². The van der Waals surface area contributed by atoms with E-state index in [1.54, 1.807) is 0 Å². The summed E-state index contributed by atoms with van der Waals surface area (Å²) in [5.41, 5.74) is 2.54. The number of hydrogen-bond acceptors (Lipinski definition) is 2. The second-order valence-corrected chi connectivity index (χ2v) is 4.06. The normalized spacial score (nSPS) is 10.4. The molecule has 1 aromatic heterocycles. The molecule has 0 unspecified atom stereocenters. The molecule has 1 heterocycles. The summed E-state index contributed by atoms with van der Waals surface area (Å²) in [7, 11) is 0. The van der Waals surface area contributed by atoms with Gasteiger partial charge in [0, 0.05) is 24.9 Å². The van der Waals surface area contributed by atoms with Gasteiger partial charge in [0.1, 0.15) is 0 Å². The first-order valence-electron chi connectivity index (χ1n) is 6.10. The van der Waals surface area contributed by atoms with Gasteiger partial charge in [0.2, 0.25) is 0 Å². The predicted octanol–water partition coefficient (Wildman–Crippen LogP) is 2.46. The first kappa shape index (κ1) is 11.8. The summed E-state index contributed by atoms with van der Waals surface area (Å²) in [6.07, 6.45) is 3.93. The Labute approximate surface area is 103 Å². The summed E-state index contributed by atoms with van der Waals surface area (Å²) in [6.45, 7) is 2.01. The van der Waals surface area contributed by atoms with Gasteiger partial charge >= 0.3 is 0 Å². The lowest BCUT2D eigenvalue weighted by molar-refractivity contribution is 0.675. The zero-order valence-electron chi connectivity index (χ0n) is 9.97. The smallest absolute Gasteiger partial charge is 0.0416 e. The maximum atomic E-state index is 4.29. The number of rotatable bonds is 6. The van der Waals surface area contributed by atoms with Crippen LogP contribution in [0, 0.1) is 0 Å². The molecule has 0 amide bonds. The minimum Gasteiger partial charge on any atom is -0.316 e. The van der Waals surface area contributed by atoms with E-state index in [2.05, 4.69) is 46.7 Å².